The van der Waals surface area contributed by atoms with Crippen LogP contribution in [0, 0.1) is 0 Å². The van der Waals surface area contributed by atoms with Crippen molar-refractivity contribution in [1.29, 1.82) is 0 Å². The van der Waals surface area contributed by atoms with E-state index in [4.69, 9.17) is 16.3 Å². The van der Waals surface area contributed by atoms with E-state index in [0.29, 0.717) is 16.1 Å². The quantitative estimate of drug-likeness (QED) is 0.552. The van der Waals surface area contributed by atoms with Crippen LogP contribution >= 0.6 is 11.6 Å². The summed E-state index contributed by atoms with van der Waals surface area (Å²) in [6.45, 7) is 2.08. The van der Waals surface area contributed by atoms with Crippen LogP contribution in [-0.2, 0) is 18.2 Å². The highest BCUT2D eigenvalue weighted by molar-refractivity contribution is 6.34. The Morgan fingerprint density at radius 2 is 2.08 bits per heavy atom. The zero-order chi connectivity index (χ0) is 18.4. The number of imidazole rings is 1. The predicted octanol–water partition coefficient (Wildman–Crippen LogP) is 4.12. The van der Waals surface area contributed by atoms with Gasteiger partial charge in [0.05, 0.1) is 34.4 Å². The maximum Gasteiger partial charge on any atom is 0.339 e. The van der Waals surface area contributed by atoms with Gasteiger partial charge in [0, 0.05) is 18.1 Å². The molecule has 132 valence electrons. The number of aromatic amines is 1. The van der Waals surface area contributed by atoms with Gasteiger partial charge in [0.1, 0.15) is 5.65 Å². The molecule has 1 N–H and O–H groups in total. The van der Waals surface area contributed by atoms with Crippen LogP contribution in [0.4, 0.5) is 0 Å². The predicted molar refractivity (Wildman–Crippen MR) is 102 cm³/mol. The van der Waals surface area contributed by atoms with Crippen molar-refractivity contribution in [2.45, 2.75) is 13.3 Å². The third-order valence-corrected chi connectivity index (χ3v) is 4.83. The number of esters is 1. The first-order valence-corrected chi connectivity index (χ1v) is 8.63. The molecule has 4 rings (SSSR count). The summed E-state index contributed by atoms with van der Waals surface area (Å²) in [6, 6.07) is 9.48. The van der Waals surface area contributed by atoms with E-state index in [-0.39, 0.29) is 0 Å². The molecule has 1 aromatic carbocycles. The zero-order valence-electron chi connectivity index (χ0n) is 14.6. The van der Waals surface area contributed by atoms with E-state index in [0.717, 1.165) is 40.2 Å². The van der Waals surface area contributed by atoms with Gasteiger partial charge >= 0.3 is 5.97 Å². The van der Waals surface area contributed by atoms with Gasteiger partial charge in [-0.15, -0.1) is 0 Å². The summed E-state index contributed by atoms with van der Waals surface area (Å²) in [5.41, 5.74) is 4.53. The van der Waals surface area contributed by atoms with Crippen molar-refractivity contribution in [3.8, 4) is 11.5 Å². The molecule has 6 nitrogen and oxygen atoms in total. The Labute approximate surface area is 154 Å². The molecule has 0 amide bonds. The summed E-state index contributed by atoms with van der Waals surface area (Å²) >= 11 is 6.24. The van der Waals surface area contributed by atoms with Crippen LogP contribution in [0.3, 0.4) is 0 Å². The topological polar surface area (TPSA) is 72.8 Å². The first kappa shape index (κ1) is 16.6. The molecule has 0 spiro atoms. The largest absolute Gasteiger partial charge is 0.465 e. The molecule has 0 fully saturated rings. The number of hydrogen-bond donors (Lipinski definition) is 1. The fourth-order valence-electron chi connectivity index (χ4n) is 3.08. The van der Waals surface area contributed by atoms with E-state index in [2.05, 4.69) is 27.9 Å². The second-order valence-electron chi connectivity index (χ2n) is 6.08. The van der Waals surface area contributed by atoms with Crippen LogP contribution in [0.25, 0.3) is 33.6 Å². The summed E-state index contributed by atoms with van der Waals surface area (Å²) in [5.74, 6) is 0.264. The number of halogens is 1. The molecular formula is C19H17ClN4O2. The molecule has 7 heteroatoms. The number of hydrogen-bond acceptors (Lipinski definition) is 4. The maximum atomic E-state index is 11.9. The van der Waals surface area contributed by atoms with Gasteiger partial charge in [0.15, 0.2) is 5.82 Å². The average molecular weight is 369 g/mol. The van der Waals surface area contributed by atoms with Crippen LogP contribution < -0.4 is 0 Å². The normalized spacial score (nSPS) is 11.4. The van der Waals surface area contributed by atoms with Gasteiger partial charge in [-0.25, -0.2) is 14.8 Å². The lowest BCUT2D eigenvalue weighted by Crippen LogP contribution is -2.02. The molecule has 3 heterocycles. The number of carbonyl (C=O) groups excluding carboxylic acids is 1. The first-order valence-electron chi connectivity index (χ1n) is 8.25. The Balaban J connectivity index is 1.89. The molecule has 0 radical (unpaired) electrons. The Kier molecular flexibility index (Phi) is 3.92. The number of nitrogens with zero attached hydrogens (tertiary/aromatic N) is 3. The van der Waals surface area contributed by atoms with Crippen molar-refractivity contribution in [1.82, 2.24) is 19.5 Å². The van der Waals surface area contributed by atoms with Gasteiger partial charge in [-0.2, -0.15) is 0 Å². The second kappa shape index (κ2) is 6.14. The van der Waals surface area contributed by atoms with Crippen molar-refractivity contribution < 1.29 is 9.53 Å². The SMILES string of the molecule is CCc1ccc2cc(-c3nc4cc(C(=O)OC)c(Cl)cc4n3C)[nH]c2n1. The Morgan fingerprint density at radius 3 is 2.81 bits per heavy atom. The number of nitrogens with one attached hydrogen (secondary N) is 1. The summed E-state index contributed by atoms with van der Waals surface area (Å²) in [7, 11) is 3.24. The lowest BCUT2D eigenvalue weighted by atomic mass is 10.2. The van der Waals surface area contributed by atoms with E-state index in [1.807, 2.05) is 23.7 Å². The molecule has 26 heavy (non-hydrogen) atoms. The summed E-state index contributed by atoms with van der Waals surface area (Å²) in [4.78, 5) is 24.5. The van der Waals surface area contributed by atoms with Gasteiger partial charge in [0.2, 0.25) is 0 Å². The van der Waals surface area contributed by atoms with Crippen molar-refractivity contribution in [3.05, 3.63) is 46.6 Å². The molecular weight excluding hydrogens is 352 g/mol. The average Bonchev–Trinajstić information content (AvgIpc) is 3.21. The zero-order valence-corrected chi connectivity index (χ0v) is 15.4. The van der Waals surface area contributed by atoms with E-state index in [1.165, 1.54) is 7.11 Å². The van der Waals surface area contributed by atoms with Crippen LogP contribution in [0.1, 0.15) is 23.0 Å². The number of H-pyrrole nitrogens is 1. The number of carbonyl (C=O) groups is 1. The minimum Gasteiger partial charge on any atom is -0.465 e. The van der Waals surface area contributed by atoms with Gasteiger partial charge in [-0.05, 0) is 36.8 Å². The highest BCUT2D eigenvalue weighted by Gasteiger charge is 2.18. The minimum absolute atomic E-state index is 0.303. The molecule has 0 aliphatic heterocycles. The van der Waals surface area contributed by atoms with Crippen LogP contribution in [-0.4, -0.2) is 32.6 Å². The molecule has 0 bridgehead atoms. The molecule has 0 unspecified atom stereocenters. The fourth-order valence-corrected chi connectivity index (χ4v) is 3.32. The molecule has 0 aliphatic carbocycles. The van der Waals surface area contributed by atoms with E-state index < -0.39 is 5.97 Å². The van der Waals surface area contributed by atoms with Crippen molar-refractivity contribution in [2.75, 3.05) is 7.11 Å². The van der Waals surface area contributed by atoms with Crippen LogP contribution in [0.5, 0.6) is 0 Å². The van der Waals surface area contributed by atoms with Gasteiger partial charge in [-0.3, -0.25) is 0 Å². The number of rotatable bonds is 3. The third-order valence-electron chi connectivity index (χ3n) is 4.52. The number of methoxy groups -OCH3 is 1. The number of benzene rings is 1. The van der Waals surface area contributed by atoms with Crippen molar-refractivity contribution >= 4 is 39.6 Å². The second-order valence-corrected chi connectivity index (χ2v) is 6.49. The molecule has 4 aromatic rings. The molecule has 0 atom stereocenters. The Hall–Kier alpha value is -2.86. The monoisotopic (exact) mass is 368 g/mol. The van der Waals surface area contributed by atoms with Crippen molar-refractivity contribution in [3.63, 3.8) is 0 Å². The van der Waals surface area contributed by atoms with Crippen LogP contribution in [0.15, 0.2) is 30.3 Å². The molecule has 0 saturated carbocycles. The van der Waals surface area contributed by atoms with Gasteiger partial charge < -0.3 is 14.3 Å². The standard InChI is InChI=1S/C19H17ClN4O2/c1-4-11-6-5-10-7-15(22-17(10)21-11)18-23-14-8-12(19(25)26-3)13(20)9-16(14)24(18)2/h5-9H,4H2,1-3H3,(H,21,22). The number of ether oxygens (including phenoxy) is 1. The van der Waals surface area contributed by atoms with Gasteiger partial charge in [-0.1, -0.05) is 18.5 Å². The van der Waals surface area contributed by atoms with E-state index in [1.54, 1.807) is 12.1 Å². The molecule has 0 aliphatic rings. The highest BCUT2D eigenvalue weighted by Crippen LogP contribution is 2.29. The first-order chi connectivity index (χ1) is 12.5. The van der Waals surface area contributed by atoms with E-state index in [9.17, 15) is 4.79 Å². The summed E-state index contributed by atoms with van der Waals surface area (Å²) in [5, 5.41) is 1.36. The number of fused-ring (bicyclic) bond motifs is 2. The number of aryl methyl sites for hydroxylation is 2. The fraction of sp³-hybridized carbons (Fsp3) is 0.211. The number of aromatic nitrogens is 4. The third kappa shape index (κ3) is 2.54. The van der Waals surface area contributed by atoms with E-state index >= 15 is 0 Å². The Morgan fingerprint density at radius 1 is 1.27 bits per heavy atom. The summed E-state index contributed by atoms with van der Waals surface area (Å²) in [6.07, 6.45) is 0.880. The highest BCUT2D eigenvalue weighted by atomic mass is 35.5. The van der Waals surface area contributed by atoms with Crippen molar-refractivity contribution in [2.24, 2.45) is 7.05 Å². The van der Waals surface area contributed by atoms with Crippen LogP contribution in [0.2, 0.25) is 5.02 Å². The Bertz CT molecular complexity index is 1160. The minimum atomic E-state index is -0.481. The molecule has 0 saturated heterocycles. The van der Waals surface area contributed by atoms with Gasteiger partial charge in [0.25, 0.3) is 0 Å². The lowest BCUT2D eigenvalue weighted by molar-refractivity contribution is 0.0601. The summed E-state index contributed by atoms with van der Waals surface area (Å²) < 4.78 is 6.72. The smallest absolute Gasteiger partial charge is 0.339 e. The number of pyridine rings is 1. The lowest BCUT2D eigenvalue weighted by Gasteiger charge is -2.03. The maximum absolute atomic E-state index is 11.9. The molecule has 3 aromatic heterocycles.